The number of thiazole rings is 1. The molecule has 3 aromatic heterocycles. The number of ether oxygens (including phenoxy) is 1. The van der Waals surface area contributed by atoms with Gasteiger partial charge in [-0.25, -0.2) is 19.9 Å². The molecule has 0 amide bonds. The molecule has 5 N–H and O–H groups in total. The van der Waals surface area contributed by atoms with Gasteiger partial charge < -0.3 is 25.8 Å². The molecule has 4 rings (SSSR count). The molecule has 0 bridgehead atoms. The van der Waals surface area contributed by atoms with E-state index in [1.165, 1.54) is 28.6 Å². The Bertz CT molecular complexity index is 997. The first kappa shape index (κ1) is 16.8. The lowest BCUT2D eigenvalue weighted by molar-refractivity contribution is -0.103. The lowest BCUT2D eigenvalue weighted by Gasteiger charge is -2.28. The monoisotopic (exact) mass is 374 g/mol. The van der Waals surface area contributed by atoms with E-state index in [-0.39, 0.29) is 11.5 Å². The van der Waals surface area contributed by atoms with Crippen LogP contribution in [0.5, 0.6) is 0 Å². The molecule has 1 aliphatic heterocycles. The average Bonchev–Trinajstić information content (AvgIpc) is 3.36. The van der Waals surface area contributed by atoms with Crippen molar-refractivity contribution in [3.8, 4) is 11.8 Å². The number of hydrogen-bond donors (Lipinski definition) is 4. The number of rotatable bonds is 2. The molecule has 0 spiro atoms. The third-order valence-electron chi connectivity index (χ3n) is 4.12. The summed E-state index contributed by atoms with van der Waals surface area (Å²) in [6.45, 7) is -0.497. The number of anilines is 1. The fourth-order valence-corrected chi connectivity index (χ4v) is 3.32. The zero-order valence-corrected chi connectivity index (χ0v) is 14.0. The average molecular weight is 374 g/mol. The lowest BCUT2D eigenvalue weighted by atomic mass is 10.0. The van der Waals surface area contributed by atoms with E-state index in [9.17, 15) is 15.3 Å². The topological polar surface area (TPSA) is 152 Å². The normalized spacial score (nSPS) is 28.2. The van der Waals surface area contributed by atoms with Crippen LogP contribution in [-0.2, 0) is 10.5 Å². The maximum Gasteiger partial charge on any atom is 0.241 e. The summed E-state index contributed by atoms with van der Waals surface area (Å²) in [4.78, 5) is 16.3. The predicted octanol–water partition coefficient (Wildman–Crippen LogP) is -1.32. The van der Waals surface area contributed by atoms with Crippen LogP contribution in [0.4, 0.5) is 5.82 Å². The summed E-state index contributed by atoms with van der Waals surface area (Å²) in [6.07, 6.45) is 0.329. The quantitative estimate of drug-likeness (QED) is 0.400. The summed E-state index contributed by atoms with van der Waals surface area (Å²) in [7, 11) is 0. The highest BCUT2D eigenvalue weighted by atomic mass is 32.1. The smallest absolute Gasteiger partial charge is 0.241 e. The number of nitrogen functional groups attached to an aromatic ring is 1. The predicted molar refractivity (Wildman–Crippen MR) is 90.7 cm³/mol. The van der Waals surface area contributed by atoms with Crippen LogP contribution in [0.25, 0.3) is 11.2 Å². The number of aromatic nitrogens is 5. The van der Waals surface area contributed by atoms with Crippen molar-refractivity contribution in [3.05, 3.63) is 29.2 Å². The minimum absolute atomic E-state index is 0.156. The lowest BCUT2D eigenvalue weighted by Crippen LogP contribution is -2.44. The van der Waals surface area contributed by atoms with Crippen LogP contribution in [0.2, 0.25) is 0 Å². The number of nitrogens with two attached hydrogens (primary N) is 1. The fourth-order valence-electron chi connectivity index (χ4n) is 2.84. The van der Waals surface area contributed by atoms with Crippen molar-refractivity contribution in [1.29, 1.82) is 0 Å². The molecule has 0 aliphatic carbocycles. The Morgan fingerprint density at radius 1 is 1.31 bits per heavy atom. The Balaban J connectivity index is 1.92. The van der Waals surface area contributed by atoms with Crippen molar-refractivity contribution in [2.45, 2.75) is 24.0 Å². The Morgan fingerprint density at radius 2 is 2.15 bits per heavy atom. The first-order valence-electron chi connectivity index (χ1n) is 7.58. The van der Waals surface area contributed by atoms with Gasteiger partial charge in [-0.2, -0.15) is 0 Å². The SMILES string of the molecule is Nc1ncnc2c1ncn2[C@]1(C#Cc2nccs2)O[C@H](CO)[C@@H](O)[C@H]1O. The highest BCUT2D eigenvalue weighted by Crippen LogP contribution is 2.37. The van der Waals surface area contributed by atoms with E-state index in [1.807, 2.05) is 0 Å². The van der Waals surface area contributed by atoms with Gasteiger partial charge in [-0.3, -0.25) is 4.57 Å². The number of aliphatic hydroxyl groups is 3. The highest BCUT2D eigenvalue weighted by Gasteiger charge is 2.55. The molecule has 11 heteroatoms. The molecule has 0 radical (unpaired) electrons. The van der Waals surface area contributed by atoms with Crippen LogP contribution < -0.4 is 5.73 Å². The molecule has 1 aliphatic rings. The van der Waals surface area contributed by atoms with Gasteiger partial charge in [-0.15, -0.1) is 11.3 Å². The molecule has 0 aromatic carbocycles. The Kier molecular flexibility index (Phi) is 4.06. The largest absolute Gasteiger partial charge is 0.394 e. The zero-order valence-electron chi connectivity index (χ0n) is 13.2. The van der Waals surface area contributed by atoms with E-state index in [2.05, 4.69) is 31.8 Å². The van der Waals surface area contributed by atoms with Gasteiger partial charge in [0.25, 0.3) is 0 Å². The number of imidazole rings is 1. The van der Waals surface area contributed by atoms with Gasteiger partial charge >= 0.3 is 0 Å². The molecular formula is C15H14N6O4S. The molecule has 10 nitrogen and oxygen atoms in total. The van der Waals surface area contributed by atoms with Crippen LogP contribution >= 0.6 is 11.3 Å². The summed E-state index contributed by atoms with van der Waals surface area (Å²) in [5.74, 6) is 5.82. The summed E-state index contributed by atoms with van der Waals surface area (Å²) in [6, 6.07) is 0. The molecule has 1 fully saturated rings. The van der Waals surface area contributed by atoms with Gasteiger partial charge in [0.2, 0.25) is 5.72 Å². The van der Waals surface area contributed by atoms with Crippen LogP contribution in [-0.4, -0.2) is 64.7 Å². The Hall–Kier alpha value is -2.62. The maximum atomic E-state index is 10.7. The number of nitrogens with zero attached hydrogens (tertiary/aromatic N) is 5. The molecule has 134 valence electrons. The van der Waals surface area contributed by atoms with Crippen molar-refractivity contribution >= 4 is 28.3 Å². The standard InChI is InChI=1S/C15H14N6O4S/c16-13-10-14(19-6-18-13)21(7-20-10)15(2-1-9-17-3-4-26-9)12(24)11(23)8(5-22)25-15/h3-4,6-8,11-12,22-24H,5H2,(H2,16,18,19)/t8-,11-,12-,15-/m1/s1. The number of aliphatic hydroxyl groups excluding tert-OH is 3. The van der Waals surface area contributed by atoms with Crippen LogP contribution in [0.1, 0.15) is 5.01 Å². The molecule has 4 atom stereocenters. The number of fused-ring (bicyclic) bond motifs is 1. The van der Waals surface area contributed by atoms with Gasteiger partial charge in [0.15, 0.2) is 16.5 Å². The van der Waals surface area contributed by atoms with Crippen LogP contribution in [0, 0.1) is 11.8 Å². The first-order chi connectivity index (χ1) is 12.6. The third kappa shape index (κ3) is 2.44. The van der Waals surface area contributed by atoms with E-state index < -0.39 is 30.6 Å². The Labute approximate surface area is 150 Å². The minimum atomic E-state index is -1.73. The van der Waals surface area contributed by atoms with Crippen molar-refractivity contribution in [2.75, 3.05) is 12.3 Å². The van der Waals surface area contributed by atoms with E-state index in [1.54, 1.807) is 11.6 Å². The molecule has 0 saturated carbocycles. The second-order valence-electron chi connectivity index (χ2n) is 5.60. The summed E-state index contributed by atoms with van der Waals surface area (Å²) < 4.78 is 7.17. The van der Waals surface area contributed by atoms with E-state index in [0.717, 1.165) is 0 Å². The highest BCUT2D eigenvalue weighted by molar-refractivity contribution is 7.10. The second kappa shape index (κ2) is 6.27. The van der Waals surface area contributed by atoms with Crippen LogP contribution in [0.3, 0.4) is 0 Å². The summed E-state index contributed by atoms with van der Waals surface area (Å²) in [5, 5.41) is 32.7. The molecule has 1 saturated heterocycles. The van der Waals surface area contributed by atoms with Gasteiger partial charge in [0.1, 0.15) is 36.5 Å². The van der Waals surface area contributed by atoms with E-state index in [4.69, 9.17) is 10.5 Å². The van der Waals surface area contributed by atoms with Crippen molar-refractivity contribution in [2.24, 2.45) is 0 Å². The molecular weight excluding hydrogens is 360 g/mol. The zero-order chi connectivity index (χ0) is 18.3. The minimum Gasteiger partial charge on any atom is -0.394 e. The van der Waals surface area contributed by atoms with Crippen molar-refractivity contribution in [1.82, 2.24) is 24.5 Å². The summed E-state index contributed by atoms with van der Waals surface area (Å²) in [5.41, 5.74) is 4.67. The molecule has 4 heterocycles. The van der Waals surface area contributed by atoms with Crippen molar-refractivity contribution in [3.63, 3.8) is 0 Å². The van der Waals surface area contributed by atoms with Gasteiger partial charge in [-0.1, -0.05) is 0 Å². The molecule has 26 heavy (non-hydrogen) atoms. The van der Waals surface area contributed by atoms with E-state index in [0.29, 0.717) is 10.5 Å². The third-order valence-corrected chi connectivity index (χ3v) is 4.81. The second-order valence-corrected chi connectivity index (χ2v) is 6.50. The fraction of sp³-hybridized carbons (Fsp3) is 0.333. The maximum absolute atomic E-state index is 10.7. The van der Waals surface area contributed by atoms with Crippen LogP contribution in [0.15, 0.2) is 24.2 Å². The van der Waals surface area contributed by atoms with Gasteiger partial charge in [0.05, 0.1) is 6.61 Å². The van der Waals surface area contributed by atoms with E-state index >= 15 is 0 Å². The van der Waals surface area contributed by atoms with Gasteiger partial charge in [-0.05, 0) is 11.8 Å². The first-order valence-corrected chi connectivity index (χ1v) is 8.46. The molecule has 0 unspecified atom stereocenters. The molecule has 3 aromatic rings. The number of hydrogen-bond acceptors (Lipinski definition) is 10. The Morgan fingerprint density at radius 3 is 2.85 bits per heavy atom. The van der Waals surface area contributed by atoms with Gasteiger partial charge in [0, 0.05) is 11.6 Å². The summed E-state index contributed by atoms with van der Waals surface area (Å²) >= 11 is 1.31. The van der Waals surface area contributed by atoms with Crippen molar-refractivity contribution < 1.29 is 20.1 Å².